The number of pyridine rings is 6. The molecule has 9 aromatic rings. The van der Waals surface area contributed by atoms with Crippen molar-refractivity contribution in [3.63, 3.8) is 0 Å². The maximum atomic E-state index is 13.2. The molecule has 0 fully saturated rings. The number of halogens is 7. The third kappa shape index (κ3) is 19.9. The molecule has 3 aromatic carbocycles. The predicted molar refractivity (Wildman–Crippen MR) is 371 cm³/mol. The fourth-order valence-electron chi connectivity index (χ4n) is 9.25. The number of anilines is 2. The first kappa shape index (κ1) is 85.7. The number of esters is 1. The molecule has 0 unspecified atom stereocenters. The standard InChI is InChI=1S/C19H19Cl2N3O4S.C19H18Cl2N3O3S.C17H13Cl3N2O3S.C4H11NO.2Na.2H2O/c1-23(6-7-28-2)19-13(21)8-11-16(27)10-4-5-12(20)17(29-3)15(10)24(9-14(25)26)18(11)22-19;1-23(7-9-27-2)19-14(21)10-12-16(26)11-4-5-13(20)17(28-3)15(11)24(6-8-25)18(12)22-19;1-3-25-12(23)7-22-13-8(4-5-10(18)15(13)26-2)14(24)9-6-11(19)16(20)21-17(9)22;1-5-3-4-6-2;;;;/h4-5,8H,6-7,9H2,1-3H3,(H,25,26);4-5,10H,6-7,9H2,1-3H3;4-6H,3,7H2,1-2H3;5H,3-4H2,1-2H3;;;2*1H2/q;-1;;;2*+1;;/p-2. The van der Waals surface area contributed by atoms with Crippen LogP contribution in [-0.4, -0.2) is 170 Å². The maximum absolute atomic E-state index is 13.2. The zero-order chi connectivity index (χ0) is 65.6. The third-order valence-corrected chi connectivity index (χ3v) is 18.3. The fourth-order valence-corrected chi connectivity index (χ4v) is 13.3. The number of aromatic nitrogens is 6. The fraction of sp³-hybridized carbons (Fsp3) is 0.339. The number of carbonyl (C=O) groups is 2. The Morgan fingerprint density at radius 2 is 0.935 bits per heavy atom. The van der Waals surface area contributed by atoms with E-state index in [0.29, 0.717) is 121 Å². The molecule has 0 amide bonds. The van der Waals surface area contributed by atoms with E-state index in [-0.39, 0.29) is 145 Å². The van der Waals surface area contributed by atoms with Gasteiger partial charge in [-0.25, -0.2) is 21.2 Å². The number of fused-ring (bicyclic) bond motifs is 6. The maximum Gasteiger partial charge on any atom is 1.00 e. The van der Waals surface area contributed by atoms with Crippen LogP contribution in [0, 0.1) is 0 Å². The average molecular weight is 1500 g/mol. The van der Waals surface area contributed by atoms with Crippen LogP contribution in [0.1, 0.15) is 6.92 Å². The summed E-state index contributed by atoms with van der Waals surface area (Å²) in [7, 11) is 10.4. The van der Waals surface area contributed by atoms with Gasteiger partial charge in [-0.2, -0.15) is 0 Å². The first-order valence-electron chi connectivity index (χ1n) is 26.6. The summed E-state index contributed by atoms with van der Waals surface area (Å²) in [5.41, 5.74) is 1.65. The van der Waals surface area contributed by atoms with Gasteiger partial charge in [-0.05, 0) is 87.3 Å². The summed E-state index contributed by atoms with van der Waals surface area (Å²) in [6.07, 6.45) is 7.43. The number of hydrogen-bond acceptors (Lipinski definition) is 21. The van der Waals surface area contributed by atoms with Crippen LogP contribution in [0.5, 0.6) is 0 Å². The number of thioether (sulfide) groups is 3. The molecule has 0 bridgehead atoms. The molecule has 492 valence electrons. The number of nitrogens with one attached hydrogen (secondary N) is 1. The van der Waals surface area contributed by atoms with Gasteiger partial charge in [0, 0.05) is 71.2 Å². The van der Waals surface area contributed by atoms with Crippen molar-refractivity contribution in [2.45, 2.75) is 41.2 Å². The average Bonchev–Trinajstić information content (AvgIpc) is 0.767. The summed E-state index contributed by atoms with van der Waals surface area (Å²) in [4.78, 5) is 93.5. The van der Waals surface area contributed by atoms with Gasteiger partial charge in [0.15, 0.2) is 16.3 Å². The van der Waals surface area contributed by atoms with Crippen LogP contribution in [-0.2, 0) is 53.0 Å². The summed E-state index contributed by atoms with van der Waals surface area (Å²) in [5.74, 6) is -0.591. The monoisotopic (exact) mass is 1490 g/mol. The number of aliphatic carboxylic acids is 1. The van der Waals surface area contributed by atoms with E-state index in [1.165, 1.54) is 52.0 Å². The molecule has 34 heteroatoms. The first-order valence-corrected chi connectivity index (χ1v) is 33.0. The number of carboxylic acids is 1. The molecule has 6 aromatic heterocycles. The quantitative estimate of drug-likeness (QED) is 0.0163. The number of ether oxygens (including phenoxy) is 4. The Labute approximate surface area is 627 Å². The van der Waals surface area contributed by atoms with Gasteiger partial charge in [-0.1, -0.05) is 87.8 Å². The molecule has 0 aliphatic heterocycles. The number of carboxylic acid groups (broad SMARTS) is 1. The molecule has 0 atom stereocenters. The Morgan fingerprint density at radius 1 is 0.570 bits per heavy atom. The first-order chi connectivity index (χ1) is 42.5. The summed E-state index contributed by atoms with van der Waals surface area (Å²) < 4.78 is 24.8. The van der Waals surface area contributed by atoms with E-state index in [0.717, 1.165) is 13.2 Å². The van der Waals surface area contributed by atoms with Crippen molar-refractivity contribution in [2.75, 3.05) is 117 Å². The Bertz CT molecular complexity index is 4330. The topological polar surface area (TPSA) is 292 Å². The normalized spacial score (nSPS) is 10.7. The van der Waals surface area contributed by atoms with Crippen molar-refractivity contribution in [3.05, 3.63) is 121 Å². The van der Waals surface area contributed by atoms with Gasteiger partial charge in [-0.3, -0.25) is 24.0 Å². The minimum Gasteiger partial charge on any atom is -0.870 e. The third-order valence-electron chi connectivity index (χ3n) is 13.3. The molecule has 93 heavy (non-hydrogen) atoms. The van der Waals surface area contributed by atoms with E-state index < -0.39 is 11.9 Å². The summed E-state index contributed by atoms with van der Waals surface area (Å²) in [6.45, 7) is 5.14. The van der Waals surface area contributed by atoms with Crippen LogP contribution in [0.4, 0.5) is 11.6 Å². The van der Waals surface area contributed by atoms with Gasteiger partial charge in [0.05, 0.1) is 104 Å². The van der Waals surface area contributed by atoms with Crippen LogP contribution in [0.2, 0.25) is 35.3 Å². The van der Waals surface area contributed by atoms with E-state index in [9.17, 15) is 33.9 Å². The van der Waals surface area contributed by atoms with Crippen LogP contribution >= 0.6 is 116 Å². The van der Waals surface area contributed by atoms with E-state index in [1.54, 1.807) is 91.8 Å². The van der Waals surface area contributed by atoms with Crippen molar-refractivity contribution >= 4 is 212 Å². The number of likely N-dealkylation sites (N-methyl/N-ethyl adjacent to an activating group) is 3. The van der Waals surface area contributed by atoms with E-state index >= 15 is 0 Å². The summed E-state index contributed by atoms with van der Waals surface area (Å²) in [5, 5.41) is 16.8. The molecule has 0 saturated carbocycles. The molecule has 9 rings (SSSR count). The number of methoxy groups -OCH3 is 3. The Kier molecular flexibility index (Phi) is 37.3. The van der Waals surface area contributed by atoms with Gasteiger partial charge >= 0.3 is 71.1 Å². The Hall–Kier alpha value is -3.43. The SMILES string of the molecule is CCOC(=O)Cn1c2nc(Cl)c(Cl)cc2c(=O)c2ccc(Cl)c(SC)c21.CNCCOC.COCCN(C)c1nc2c(cc1Cl)c(=O)c1ccc(Cl)c(SC)c1n2CC(=O)O.COCCN(C)c1nc2c(cc1Cl)c(=O)c1ccc(Cl)c(SC)c1n2C[C-]=O.[Na+].[Na+].[OH-].[OH-]. The molecule has 0 spiro atoms. The van der Waals surface area contributed by atoms with E-state index in [4.69, 9.17) is 100 Å². The van der Waals surface area contributed by atoms with Crippen molar-refractivity contribution in [3.8, 4) is 0 Å². The van der Waals surface area contributed by atoms with Gasteiger partial charge < -0.3 is 68.6 Å². The number of carbonyl (C=O) groups excluding carboxylic acids is 2. The predicted octanol–water partition coefficient (Wildman–Crippen LogP) is 5.82. The van der Waals surface area contributed by atoms with Crippen molar-refractivity contribution < 1.29 is 109 Å². The van der Waals surface area contributed by atoms with Crippen LogP contribution < -0.4 is 90.5 Å². The minimum atomic E-state index is -1.06. The zero-order valence-electron chi connectivity index (χ0n) is 52.6. The molecule has 22 nitrogen and oxygen atoms in total. The smallest absolute Gasteiger partial charge is 0.870 e. The summed E-state index contributed by atoms with van der Waals surface area (Å²) >= 11 is 48.0. The van der Waals surface area contributed by atoms with Crippen LogP contribution in [0.3, 0.4) is 0 Å². The number of hydrogen-bond donors (Lipinski definition) is 2. The molecule has 0 saturated heterocycles. The zero-order valence-corrected chi connectivity index (χ0v) is 64.4. The van der Waals surface area contributed by atoms with E-state index in [1.807, 2.05) is 44.0 Å². The molecule has 4 N–H and O–H groups in total. The molecule has 0 aliphatic carbocycles. The number of rotatable bonds is 21. The van der Waals surface area contributed by atoms with Gasteiger partial charge in [-0.15, -0.1) is 35.3 Å². The van der Waals surface area contributed by atoms with Gasteiger partial charge in [0.25, 0.3) is 0 Å². The van der Waals surface area contributed by atoms with Crippen molar-refractivity contribution in [1.29, 1.82) is 0 Å². The Morgan fingerprint density at radius 3 is 1.28 bits per heavy atom. The van der Waals surface area contributed by atoms with Crippen molar-refractivity contribution in [1.82, 2.24) is 34.0 Å². The molecule has 0 aliphatic rings. The summed E-state index contributed by atoms with van der Waals surface area (Å²) in [6, 6.07) is 14.5. The second kappa shape index (κ2) is 40.5. The van der Waals surface area contributed by atoms with E-state index in [2.05, 4.69) is 20.3 Å². The largest absolute Gasteiger partial charge is 1.00 e. The number of nitrogens with zero attached hydrogens (tertiary/aromatic N) is 8. The molecular formula is C59H63Cl7N9Na2O13S3-. The second-order valence-corrected chi connectivity index (χ2v) is 24.2. The molecule has 0 radical (unpaired) electrons. The second-order valence-electron chi connectivity index (χ2n) is 18.9. The van der Waals surface area contributed by atoms with Crippen molar-refractivity contribution in [2.24, 2.45) is 0 Å². The van der Waals surface area contributed by atoms with Gasteiger partial charge in [0.2, 0.25) is 0 Å². The van der Waals surface area contributed by atoms with Crippen LogP contribution in [0.15, 0.2) is 83.7 Å². The van der Waals surface area contributed by atoms with Gasteiger partial charge in [0.1, 0.15) is 46.8 Å². The minimum absolute atomic E-state index is 0. The van der Waals surface area contributed by atoms with Crippen LogP contribution in [0.25, 0.3) is 65.8 Å². The Balaban J connectivity index is 0.000000445. The molecule has 6 heterocycles. The molecular weight excluding hydrogens is 1430 g/mol. The number of benzene rings is 3.